The Hall–Kier alpha value is -2.35. The molecule has 0 saturated carbocycles. The van der Waals surface area contributed by atoms with Crippen molar-refractivity contribution in [3.63, 3.8) is 0 Å². The van der Waals surface area contributed by atoms with Crippen LogP contribution in [0.2, 0.25) is 0 Å². The van der Waals surface area contributed by atoms with Crippen LogP contribution in [0, 0.1) is 6.92 Å². The van der Waals surface area contributed by atoms with Crippen molar-refractivity contribution in [1.29, 1.82) is 0 Å². The maximum Gasteiger partial charge on any atom is 0.338 e. The second kappa shape index (κ2) is 9.22. The number of aryl methyl sites for hydroxylation is 1. The molecule has 134 valence electrons. The molecule has 1 amide bonds. The van der Waals surface area contributed by atoms with Gasteiger partial charge in [0.1, 0.15) is 5.82 Å². The van der Waals surface area contributed by atoms with Gasteiger partial charge in [-0.15, -0.1) is 10.2 Å². The maximum absolute atomic E-state index is 12.1. The molecule has 0 aliphatic heterocycles. The summed E-state index contributed by atoms with van der Waals surface area (Å²) in [5.74, 6) is 0.569. The van der Waals surface area contributed by atoms with Crippen molar-refractivity contribution < 1.29 is 14.3 Å². The fourth-order valence-corrected chi connectivity index (χ4v) is 2.99. The normalized spacial score (nSPS) is 10.5. The number of ether oxygens (including phenoxy) is 1. The van der Waals surface area contributed by atoms with Crippen LogP contribution in [0.1, 0.15) is 36.5 Å². The summed E-state index contributed by atoms with van der Waals surface area (Å²) >= 11 is 1.35. The number of nitrogens with zero attached hydrogens (tertiary/aromatic N) is 3. The predicted octanol–water partition coefficient (Wildman–Crippen LogP) is 2.90. The Morgan fingerprint density at radius 3 is 2.56 bits per heavy atom. The zero-order valence-corrected chi connectivity index (χ0v) is 15.4. The van der Waals surface area contributed by atoms with E-state index in [9.17, 15) is 9.59 Å². The lowest BCUT2D eigenvalue weighted by Crippen LogP contribution is -2.15. The Labute approximate surface area is 151 Å². The molecule has 2 aromatic rings. The summed E-state index contributed by atoms with van der Waals surface area (Å²) < 4.78 is 6.93. The Balaban J connectivity index is 1.89. The molecule has 1 heterocycles. The first-order chi connectivity index (χ1) is 12.0. The fourth-order valence-electron chi connectivity index (χ4n) is 2.18. The summed E-state index contributed by atoms with van der Waals surface area (Å²) in [6.07, 6.45) is 0.978. The van der Waals surface area contributed by atoms with Crippen LogP contribution in [0.4, 0.5) is 5.69 Å². The van der Waals surface area contributed by atoms with Gasteiger partial charge < -0.3 is 14.6 Å². The summed E-state index contributed by atoms with van der Waals surface area (Å²) in [6.45, 7) is 6.90. The molecule has 0 fully saturated rings. The number of amides is 1. The van der Waals surface area contributed by atoms with Crippen molar-refractivity contribution in [2.24, 2.45) is 0 Å². The second-order valence-electron chi connectivity index (χ2n) is 5.32. The van der Waals surface area contributed by atoms with E-state index in [4.69, 9.17) is 4.74 Å². The van der Waals surface area contributed by atoms with Gasteiger partial charge in [0.2, 0.25) is 5.91 Å². The van der Waals surface area contributed by atoms with Crippen molar-refractivity contribution >= 4 is 29.3 Å². The van der Waals surface area contributed by atoms with Crippen molar-refractivity contribution in [2.45, 2.75) is 38.9 Å². The SMILES string of the molecule is CCCn1c(C)nnc1SCC(=O)Nc1ccc(C(=O)OCC)cc1. The number of aromatic nitrogens is 3. The highest BCUT2D eigenvalue weighted by molar-refractivity contribution is 7.99. The lowest BCUT2D eigenvalue weighted by atomic mass is 10.2. The van der Waals surface area contributed by atoms with E-state index < -0.39 is 0 Å². The van der Waals surface area contributed by atoms with Gasteiger partial charge in [-0.1, -0.05) is 18.7 Å². The topological polar surface area (TPSA) is 86.1 Å². The third kappa shape index (κ3) is 5.32. The molecule has 2 rings (SSSR count). The average molecular weight is 362 g/mol. The Bertz CT molecular complexity index is 728. The van der Waals surface area contributed by atoms with Crippen LogP contribution in [0.25, 0.3) is 0 Å². The van der Waals surface area contributed by atoms with Crippen LogP contribution in [0.15, 0.2) is 29.4 Å². The van der Waals surface area contributed by atoms with E-state index in [1.165, 1.54) is 11.8 Å². The van der Waals surface area contributed by atoms with Crippen molar-refractivity contribution in [3.8, 4) is 0 Å². The van der Waals surface area contributed by atoms with E-state index >= 15 is 0 Å². The number of thioether (sulfide) groups is 1. The van der Waals surface area contributed by atoms with Gasteiger partial charge in [0.05, 0.1) is 17.9 Å². The highest BCUT2D eigenvalue weighted by Gasteiger charge is 2.12. The molecule has 8 heteroatoms. The summed E-state index contributed by atoms with van der Waals surface area (Å²) in [5.41, 5.74) is 1.09. The van der Waals surface area contributed by atoms with E-state index in [1.54, 1.807) is 31.2 Å². The van der Waals surface area contributed by atoms with E-state index in [2.05, 4.69) is 22.4 Å². The molecule has 0 radical (unpaired) electrons. The monoisotopic (exact) mass is 362 g/mol. The quantitative estimate of drug-likeness (QED) is 0.574. The number of nitrogens with one attached hydrogen (secondary N) is 1. The molecule has 0 spiro atoms. The minimum atomic E-state index is -0.374. The molecule has 1 aromatic carbocycles. The Morgan fingerprint density at radius 2 is 1.92 bits per heavy atom. The number of hydrogen-bond donors (Lipinski definition) is 1. The van der Waals surface area contributed by atoms with Crippen LogP contribution < -0.4 is 5.32 Å². The van der Waals surface area contributed by atoms with Crippen LogP contribution in [-0.2, 0) is 16.1 Å². The van der Waals surface area contributed by atoms with Crippen LogP contribution >= 0.6 is 11.8 Å². The lowest BCUT2D eigenvalue weighted by Gasteiger charge is -2.08. The fraction of sp³-hybridized carbons (Fsp3) is 0.412. The van der Waals surface area contributed by atoms with E-state index in [-0.39, 0.29) is 17.6 Å². The zero-order chi connectivity index (χ0) is 18.2. The highest BCUT2D eigenvalue weighted by atomic mass is 32.2. The third-order valence-electron chi connectivity index (χ3n) is 3.36. The van der Waals surface area contributed by atoms with Gasteiger partial charge in [-0.3, -0.25) is 4.79 Å². The minimum absolute atomic E-state index is 0.141. The van der Waals surface area contributed by atoms with Crippen molar-refractivity contribution in [2.75, 3.05) is 17.7 Å². The average Bonchev–Trinajstić information content (AvgIpc) is 2.94. The molecule has 0 bridgehead atoms. The van der Waals surface area contributed by atoms with Gasteiger partial charge in [-0.05, 0) is 44.5 Å². The number of anilines is 1. The van der Waals surface area contributed by atoms with Gasteiger partial charge in [0, 0.05) is 12.2 Å². The Kier molecular flexibility index (Phi) is 7.00. The number of carbonyl (C=O) groups excluding carboxylic acids is 2. The summed E-state index contributed by atoms with van der Waals surface area (Å²) in [4.78, 5) is 23.7. The summed E-state index contributed by atoms with van der Waals surface area (Å²) in [6, 6.07) is 6.61. The molecule has 0 aliphatic carbocycles. The molecule has 1 aromatic heterocycles. The molecule has 0 aliphatic rings. The van der Waals surface area contributed by atoms with E-state index in [0.29, 0.717) is 17.9 Å². The van der Waals surface area contributed by atoms with Gasteiger partial charge in [-0.25, -0.2) is 4.79 Å². The van der Waals surface area contributed by atoms with Gasteiger partial charge in [0.25, 0.3) is 0 Å². The molecule has 0 atom stereocenters. The smallest absolute Gasteiger partial charge is 0.338 e. The Morgan fingerprint density at radius 1 is 1.20 bits per heavy atom. The maximum atomic E-state index is 12.1. The molecule has 1 N–H and O–H groups in total. The van der Waals surface area contributed by atoms with Crippen molar-refractivity contribution in [3.05, 3.63) is 35.7 Å². The van der Waals surface area contributed by atoms with Gasteiger partial charge in [-0.2, -0.15) is 0 Å². The van der Waals surface area contributed by atoms with Crippen LogP contribution in [-0.4, -0.2) is 39.0 Å². The number of rotatable bonds is 8. The number of hydrogen-bond acceptors (Lipinski definition) is 6. The lowest BCUT2D eigenvalue weighted by molar-refractivity contribution is -0.113. The van der Waals surface area contributed by atoms with Crippen LogP contribution in [0.5, 0.6) is 0 Å². The first-order valence-electron chi connectivity index (χ1n) is 8.14. The summed E-state index contributed by atoms with van der Waals surface area (Å²) in [5, 5.41) is 11.7. The number of benzene rings is 1. The molecule has 25 heavy (non-hydrogen) atoms. The second-order valence-corrected chi connectivity index (χ2v) is 6.26. The molecular weight excluding hydrogens is 340 g/mol. The first kappa shape index (κ1) is 19.0. The predicted molar refractivity (Wildman–Crippen MR) is 96.8 cm³/mol. The molecular formula is C17H22N4O3S. The highest BCUT2D eigenvalue weighted by Crippen LogP contribution is 2.18. The summed E-state index contributed by atoms with van der Waals surface area (Å²) in [7, 11) is 0. The largest absolute Gasteiger partial charge is 0.462 e. The minimum Gasteiger partial charge on any atom is -0.462 e. The van der Waals surface area contributed by atoms with E-state index in [0.717, 1.165) is 23.9 Å². The molecule has 0 unspecified atom stereocenters. The number of esters is 1. The van der Waals surface area contributed by atoms with Crippen LogP contribution in [0.3, 0.4) is 0 Å². The van der Waals surface area contributed by atoms with Crippen molar-refractivity contribution in [1.82, 2.24) is 14.8 Å². The van der Waals surface area contributed by atoms with Gasteiger partial charge >= 0.3 is 5.97 Å². The third-order valence-corrected chi connectivity index (χ3v) is 4.33. The zero-order valence-electron chi connectivity index (χ0n) is 14.6. The number of carbonyl (C=O) groups is 2. The molecule has 7 nitrogen and oxygen atoms in total. The van der Waals surface area contributed by atoms with E-state index in [1.807, 2.05) is 11.5 Å². The van der Waals surface area contributed by atoms with Gasteiger partial charge in [0.15, 0.2) is 5.16 Å². The standard InChI is InChI=1S/C17H22N4O3S/c1-4-10-21-12(3)19-20-17(21)25-11-15(22)18-14-8-6-13(7-9-14)16(23)24-5-2/h6-9H,4-5,10-11H2,1-3H3,(H,18,22). The molecule has 0 saturated heterocycles. The first-order valence-corrected chi connectivity index (χ1v) is 9.13.